The summed E-state index contributed by atoms with van der Waals surface area (Å²) in [6, 6.07) is 7.93. The molecule has 1 aliphatic rings. The maximum atomic E-state index is 13.5. The van der Waals surface area contributed by atoms with Crippen LogP contribution in [0.25, 0.3) is 22.0 Å². The maximum absolute atomic E-state index is 13.5. The fourth-order valence-corrected chi connectivity index (χ4v) is 4.46. The third kappa shape index (κ3) is 2.53. The van der Waals surface area contributed by atoms with E-state index in [4.69, 9.17) is 11.6 Å². The molecule has 1 aromatic heterocycles. The Bertz CT molecular complexity index is 1020. The second kappa shape index (κ2) is 5.25. The Morgan fingerprint density at radius 2 is 1.84 bits per heavy atom. The van der Waals surface area contributed by atoms with Crippen LogP contribution in [0, 0.1) is 0 Å². The van der Waals surface area contributed by atoms with E-state index in [1.54, 1.807) is 0 Å². The number of benzene rings is 2. The molecule has 0 bridgehead atoms. The molecule has 130 valence electrons. The van der Waals surface area contributed by atoms with Crippen LogP contribution in [-0.2, 0) is 6.18 Å². The van der Waals surface area contributed by atoms with Crippen molar-refractivity contribution >= 4 is 39.0 Å². The average Bonchev–Trinajstić information content (AvgIpc) is 2.52. The first kappa shape index (κ1) is 16.5. The molecular weight excluding hydrogens is 377 g/mol. The van der Waals surface area contributed by atoms with Gasteiger partial charge in [0.1, 0.15) is 0 Å². The Morgan fingerprint density at radius 1 is 1.08 bits per heavy atom. The fourth-order valence-electron chi connectivity index (χ4n) is 2.95. The molecule has 0 saturated carbocycles. The Balaban J connectivity index is 2.16. The van der Waals surface area contributed by atoms with E-state index >= 15 is 0 Å². The predicted molar refractivity (Wildman–Crippen MR) is 91.9 cm³/mol. The molecule has 0 radical (unpaired) electrons. The lowest BCUT2D eigenvalue weighted by atomic mass is 9.96. The summed E-state index contributed by atoms with van der Waals surface area (Å²) in [5.41, 5.74) is -0.293. The number of fused-ring (bicyclic) bond motifs is 5. The van der Waals surface area contributed by atoms with E-state index in [0.29, 0.717) is 0 Å². The lowest BCUT2D eigenvalue weighted by Crippen LogP contribution is -2.17. The van der Waals surface area contributed by atoms with Crippen molar-refractivity contribution in [3.8, 4) is 11.1 Å². The Morgan fingerprint density at radius 3 is 2.56 bits per heavy atom. The van der Waals surface area contributed by atoms with Gasteiger partial charge in [0, 0.05) is 27.7 Å². The highest BCUT2D eigenvalue weighted by atomic mass is 35.5. The number of nitrogens with one attached hydrogen (secondary N) is 1. The van der Waals surface area contributed by atoms with Gasteiger partial charge in [-0.15, -0.1) is 0 Å². The SMILES string of the molecule is OS1(O)Nc2c(cc(C(F)(F)F)c3cccnc23)-c2cc(Cl)ccc21. The summed E-state index contributed by atoms with van der Waals surface area (Å²) in [5, 5.41) is 0.151. The van der Waals surface area contributed by atoms with Gasteiger partial charge in [-0.05, 0) is 30.3 Å². The van der Waals surface area contributed by atoms with Gasteiger partial charge in [-0.25, -0.2) is 0 Å². The number of anilines is 1. The second-order valence-electron chi connectivity index (χ2n) is 5.54. The molecule has 0 amide bonds. The first-order valence-electron chi connectivity index (χ1n) is 7.03. The predicted octanol–water partition coefficient (Wildman–Crippen LogP) is 6.02. The molecule has 0 unspecified atom stereocenters. The summed E-state index contributed by atoms with van der Waals surface area (Å²) in [6.45, 7) is 0. The molecule has 4 nitrogen and oxygen atoms in total. The van der Waals surface area contributed by atoms with Crippen LogP contribution in [0.3, 0.4) is 0 Å². The molecule has 1 aliphatic heterocycles. The molecule has 0 fully saturated rings. The van der Waals surface area contributed by atoms with Gasteiger partial charge in [-0.1, -0.05) is 28.4 Å². The Labute approximate surface area is 146 Å². The highest BCUT2D eigenvalue weighted by molar-refractivity contribution is 8.25. The summed E-state index contributed by atoms with van der Waals surface area (Å²) < 4.78 is 63.9. The standard InChI is InChI=1S/C16H10ClF3N2O2S/c17-8-3-4-13-10(6-8)11-7-12(16(18,19)20)9-2-1-5-21-14(9)15(11)22-25(13,23)24/h1-7,22-24H. The van der Waals surface area contributed by atoms with Gasteiger partial charge in [0.2, 0.25) is 0 Å². The molecule has 2 aromatic carbocycles. The molecule has 0 aliphatic carbocycles. The maximum Gasteiger partial charge on any atom is 0.417 e. The minimum Gasteiger partial charge on any atom is -0.278 e. The van der Waals surface area contributed by atoms with Crippen molar-refractivity contribution in [1.82, 2.24) is 4.98 Å². The monoisotopic (exact) mass is 386 g/mol. The van der Waals surface area contributed by atoms with E-state index in [1.807, 2.05) is 0 Å². The van der Waals surface area contributed by atoms with Crippen molar-refractivity contribution in [1.29, 1.82) is 0 Å². The number of nitrogens with zero attached hydrogens (tertiary/aromatic N) is 1. The van der Waals surface area contributed by atoms with Crippen LogP contribution in [0.5, 0.6) is 0 Å². The number of halogens is 4. The highest BCUT2D eigenvalue weighted by Crippen LogP contribution is 2.59. The number of pyridine rings is 1. The van der Waals surface area contributed by atoms with Crippen LogP contribution >= 0.6 is 22.4 Å². The summed E-state index contributed by atoms with van der Waals surface area (Å²) in [7, 11) is -3.44. The second-order valence-corrected chi connectivity index (χ2v) is 7.71. The third-order valence-corrected chi connectivity index (χ3v) is 5.67. The number of aromatic nitrogens is 1. The molecule has 3 N–H and O–H groups in total. The van der Waals surface area contributed by atoms with Gasteiger partial charge in [-0.2, -0.15) is 13.2 Å². The van der Waals surface area contributed by atoms with Crippen LogP contribution in [0.2, 0.25) is 5.02 Å². The van der Waals surface area contributed by atoms with E-state index in [-0.39, 0.29) is 37.6 Å². The number of hydrogen-bond acceptors (Lipinski definition) is 4. The number of alkyl halides is 3. The molecule has 4 rings (SSSR count). The van der Waals surface area contributed by atoms with E-state index in [2.05, 4.69) is 9.71 Å². The van der Waals surface area contributed by atoms with Gasteiger partial charge in [0.25, 0.3) is 0 Å². The van der Waals surface area contributed by atoms with Crippen LogP contribution < -0.4 is 4.72 Å². The minimum absolute atomic E-state index is 0.0120. The normalized spacial score (nSPS) is 16.7. The van der Waals surface area contributed by atoms with E-state index in [1.165, 1.54) is 36.5 Å². The summed E-state index contributed by atoms with van der Waals surface area (Å²) in [6.07, 6.45) is -3.24. The Kier molecular flexibility index (Phi) is 3.46. The van der Waals surface area contributed by atoms with Crippen LogP contribution in [0.4, 0.5) is 18.9 Å². The lowest BCUT2D eigenvalue weighted by molar-refractivity contribution is -0.136. The van der Waals surface area contributed by atoms with E-state index in [0.717, 1.165) is 6.07 Å². The van der Waals surface area contributed by atoms with Crippen LogP contribution in [-0.4, -0.2) is 14.1 Å². The van der Waals surface area contributed by atoms with Crippen molar-refractivity contribution in [2.45, 2.75) is 11.1 Å². The van der Waals surface area contributed by atoms with Gasteiger partial charge in [0.05, 0.1) is 21.7 Å². The zero-order valence-electron chi connectivity index (χ0n) is 12.3. The molecule has 2 heterocycles. The third-order valence-electron chi connectivity index (χ3n) is 3.98. The molecular formula is C16H10ClF3N2O2S. The van der Waals surface area contributed by atoms with Gasteiger partial charge < -0.3 is 0 Å². The quantitative estimate of drug-likeness (QED) is 0.441. The van der Waals surface area contributed by atoms with E-state index < -0.39 is 22.5 Å². The topological polar surface area (TPSA) is 65.4 Å². The largest absolute Gasteiger partial charge is 0.417 e. The van der Waals surface area contributed by atoms with Gasteiger partial charge in [-0.3, -0.25) is 18.8 Å². The molecule has 0 atom stereocenters. The number of rotatable bonds is 0. The van der Waals surface area contributed by atoms with Crippen molar-refractivity contribution in [3.63, 3.8) is 0 Å². The Hall–Kier alpha value is -2.00. The van der Waals surface area contributed by atoms with Crippen LogP contribution in [0.15, 0.2) is 47.5 Å². The zero-order chi connectivity index (χ0) is 18.0. The minimum atomic E-state index is -4.59. The van der Waals surface area contributed by atoms with Crippen molar-refractivity contribution in [3.05, 3.63) is 53.2 Å². The average molecular weight is 387 g/mol. The fraction of sp³-hybridized carbons (Fsp3) is 0.0625. The van der Waals surface area contributed by atoms with Crippen molar-refractivity contribution < 1.29 is 22.3 Å². The van der Waals surface area contributed by atoms with Crippen molar-refractivity contribution in [2.24, 2.45) is 0 Å². The van der Waals surface area contributed by atoms with Gasteiger partial charge >= 0.3 is 6.18 Å². The summed E-state index contributed by atoms with van der Waals surface area (Å²) >= 11 is 5.97. The summed E-state index contributed by atoms with van der Waals surface area (Å²) in [4.78, 5) is 4.12. The zero-order valence-corrected chi connectivity index (χ0v) is 13.9. The van der Waals surface area contributed by atoms with Crippen molar-refractivity contribution in [2.75, 3.05) is 4.72 Å². The first-order chi connectivity index (χ1) is 11.7. The lowest BCUT2D eigenvalue weighted by Gasteiger charge is -2.40. The van der Waals surface area contributed by atoms with Crippen LogP contribution in [0.1, 0.15) is 5.56 Å². The molecule has 9 heteroatoms. The molecule has 0 saturated heterocycles. The van der Waals surface area contributed by atoms with Gasteiger partial charge in [0.15, 0.2) is 0 Å². The first-order valence-corrected chi connectivity index (χ1v) is 8.96. The van der Waals surface area contributed by atoms with E-state index in [9.17, 15) is 22.3 Å². The molecule has 0 spiro atoms. The number of hydrogen-bond donors (Lipinski definition) is 3. The molecule has 25 heavy (non-hydrogen) atoms. The molecule has 3 aromatic rings. The highest BCUT2D eigenvalue weighted by Gasteiger charge is 2.37. The smallest absolute Gasteiger partial charge is 0.278 e. The summed E-state index contributed by atoms with van der Waals surface area (Å²) in [5.74, 6) is 0.